The lowest BCUT2D eigenvalue weighted by Gasteiger charge is -2.35. The minimum absolute atomic E-state index is 0.209. The van der Waals surface area contributed by atoms with E-state index < -0.39 is 28.7 Å². The highest BCUT2D eigenvalue weighted by Crippen LogP contribution is 2.41. The van der Waals surface area contributed by atoms with Gasteiger partial charge in [0.25, 0.3) is 0 Å². The zero-order chi connectivity index (χ0) is 25.7. The topological polar surface area (TPSA) is 111 Å². The standard InChI is InChI=1S/C24H26F3N7O2/c1-22(2,16-3-6-29-7-4-16)31-21(35)33-8-5-23(14-33)19-12-18(32-34(19)9-10-36-23)15-11-17(24(25,26)27)20(28)30-13-15/h3-4,6-7,11-13H,5,8-10,14H2,1-2H3,(H2,28,30)(H,31,35). The van der Waals surface area contributed by atoms with Crippen LogP contribution in [0.3, 0.4) is 0 Å². The molecule has 5 heterocycles. The molecule has 2 amide bonds. The Morgan fingerprint density at radius 2 is 1.94 bits per heavy atom. The molecule has 3 aromatic heterocycles. The van der Waals surface area contributed by atoms with Gasteiger partial charge in [-0.25, -0.2) is 9.78 Å². The van der Waals surface area contributed by atoms with Gasteiger partial charge in [0.15, 0.2) is 0 Å². The number of fused-ring (bicyclic) bond motifs is 2. The third-order valence-electron chi connectivity index (χ3n) is 6.79. The summed E-state index contributed by atoms with van der Waals surface area (Å²) in [6.45, 7) is 5.41. The Hall–Kier alpha value is -3.67. The van der Waals surface area contributed by atoms with Crippen molar-refractivity contribution < 1.29 is 22.7 Å². The predicted molar refractivity (Wildman–Crippen MR) is 124 cm³/mol. The summed E-state index contributed by atoms with van der Waals surface area (Å²) in [6, 6.07) is 6.15. The number of carbonyl (C=O) groups excluding carboxylic acids is 1. The lowest BCUT2D eigenvalue weighted by molar-refractivity contribution is -0.137. The molecule has 5 rings (SSSR count). The zero-order valence-electron chi connectivity index (χ0n) is 19.8. The molecule has 3 aromatic rings. The Kier molecular flexibility index (Phi) is 5.66. The van der Waals surface area contributed by atoms with Gasteiger partial charge in [0, 0.05) is 37.1 Å². The summed E-state index contributed by atoms with van der Waals surface area (Å²) in [5, 5.41) is 7.60. The number of halogens is 3. The molecule has 12 heteroatoms. The molecule has 3 N–H and O–H groups in total. The van der Waals surface area contributed by atoms with Gasteiger partial charge in [-0.2, -0.15) is 18.3 Å². The molecule has 0 saturated carbocycles. The van der Waals surface area contributed by atoms with E-state index >= 15 is 0 Å². The first-order valence-corrected chi connectivity index (χ1v) is 11.5. The second kappa shape index (κ2) is 8.47. The Bertz CT molecular complexity index is 1290. The summed E-state index contributed by atoms with van der Waals surface area (Å²) in [6.07, 6.45) is 0.547. The normalized spacial score (nSPS) is 20.0. The maximum atomic E-state index is 13.3. The quantitative estimate of drug-likeness (QED) is 0.568. The number of aromatic nitrogens is 4. The molecule has 36 heavy (non-hydrogen) atoms. The number of nitrogens with zero attached hydrogens (tertiary/aromatic N) is 5. The van der Waals surface area contributed by atoms with E-state index in [9.17, 15) is 18.0 Å². The number of pyridine rings is 2. The van der Waals surface area contributed by atoms with Crippen molar-refractivity contribution in [2.45, 2.75) is 44.1 Å². The number of carbonyl (C=O) groups is 1. The number of alkyl halides is 3. The molecule has 1 fully saturated rings. The van der Waals surface area contributed by atoms with Crippen molar-refractivity contribution in [3.8, 4) is 11.3 Å². The number of hydrogen-bond donors (Lipinski definition) is 2. The van der Waals surface area contributed by atoms with Crippen LogP contribution in [0.5, 0.6) is 0 Å². The first kappa shape index (κ1) is 24.0. The van der Waals surface area contributed by atoms with E-state index in [1.807, 2.05) is 26.0 Å². The number of urea groups is 1. The SMILES string of the molecule is CC(C)(NC(=O)N1CCC2(C1)OCCn1nc(-c3cnc(N)c(C(F)(F)F)c3)cc12)c1ccncc1. The van der Waals surface area contributed by atoms with E-state index in [1.165, 1.54) is 6.20 Å². The number of rotatable bonds is 3. The average Bonchev–Trinajstić information content (AvgIpc) is 3.45. The minimum Gasteiger partial charge on any atom is -0.383 e. The first-order valence-electron chi connectivity index (χ1n) is 11.5. The summed E-state index contributed by atoms with van der Waals surface area (Å²) in [5.41, 5.74) is 5.23. The van der Waals surface area contributed by atoms with Gasteiger partial charge in [0.2, 0.25) is 0 Å². The molecule has 0 aliphatic carbocycles. The molecule has 1 unspecified atom stereocenters. The lowest BCUT2D eigenvalue weighted by Crippen LogP contribution is -2.49. The summed E-state index contributed by atoms with van der Waals surface area (Å²) >= 11 is 0. The van der Waals surface area contributed by atoms with Crippen LogP contribution in [0.25, 0.3) is 11.3 Å². The summed E-state index contributed by atoms with van der Waals surface area (Å²) in [7, 11) is 0. The third-order valence-corrected chi connectivity index (χ3v) is 6.79. The molecule has 1 saturated heterocycles. The molecule has 0 aromatic carbocycles. The van der Waals surface area contributed by atoms with Crippen LogP contribution < -0.4 is 11.1 Å². The van der Waals surface area contributed by atoms with Crippen LogP contribution in [-0.2, 0) is 28.6 Å². The van der Waals surface area contributed by atoms with Crippen molar-refractivity contribution in [1.82, 2.24) is 30.0 Å². The smallest absolute Gasteiger partial charge is 0.383 e. The van der Waals surface area contributed by atoms with Gasteiger partial charge in [-0.1, -0.05) is 0 Å². The highest BCUT2D eigenvalue weighted by Gasteiger charge is 2.47. The van der Waals surface area contributed by atoms with Crippen LogP contribution in [0.15, 0.2) is 42.9 Å². The molecule has 190 valence electrons. The number of anilines is 1. The number of nitrogen functional groups attached to an aromatic ring is 1. The van der Waals surface area contributed by atoms with Gasteiger partial charge in [-0.05, 0) is 43.7 Å². The Labute approximate surface area is 205 Å². The van der Waals surface area contributed by atoms with Gasteiger partial charge >= 0.3 is 12.2 Å². The van der Waals surface area contributed by atoms with Crippen LogP contribution in [0.4, 0.5) is 23.8 Å². The van der Waals surface area contributed by atoms with Crippen molar-refractivity contribution in [1.29, 1.82) is 0 Å². The fourth-order valence-electron chi connectivity index (χ4n) is 4.81. The molecule has 2 aliphatic heterocycles. The first-order chi connectivity index (χ1) is 17.0. The third kappa shape index (κ3) is 4.25. The van der Waals surface area contributed by atoms with Crippen LogP contribution in [-0.4, -0.2) is 50.4 Å². The largest absolute Gasteiger partial charge is 0.419 e. The minimum atomic E-state index is -4.62. The Balaban J connectivity index is 1.39. The van der Waals surface area contributed by atoms with Crippen molar-refractivity contribution in [2.24, 2.45) is 0 Å². The van der Waals surface area contributed by atoms with Crippen LogP contribution in [0.1, 0.15) is 37.1 Å². The molecular formula is C24H26F3N7O2. The Morgan fingerprint density at radius 3 is 2.67 bits per heavy atom. The van der Waals surface area contributed by atoms with Crippen molar-refractivity contribution >= 4 is 11.8 Å². The number of nitrogens with one attached hydrogen (secondary N) is 1. The number of likely N-dealkylation sites (tertiary alicyclic amines) is 1. The van der Waals surface area contributed by atoms with E-state index in [2.05, 4.69) is 20.4 Å². The highest BCUT2D eigenvalue weighted by atomic mass is 19.4. The van der Waals surface area contributed by atoms with Crippen LogP contribution in [0.2, 0.25) is 0 Å². The van der Waals surface area contributed by atoms with Gasteiger partial charge in [-0.3, -0.25) is 9.67 Å². The second-order valence-electron chi connectivity index (χ2n) is 9.60. The van der Waals surface area contributed by atoms with E-state index in [0.717, 1.165) is 17.3 Å². The molecular weight excluding hydrogens is 475 g/mol. The summed E-state index contributed by atoms with van der Waals surface area (Å²) in [4.78, 5) is 22.6. The maximum Gasteiger partial charge on any atom is 0.419 e. The fourth-order valence-corrected chi connectivity index (χ4v) is 4.81. The van der Waals surface area contributed by atoms with Crippen LogP contribution >= 0.6 is 0 Å². The Morgan fingerprint density at radius 1 is 1.19 bits per heavy atom. The lowest BCUT2D eigenvalue weighted by atomic mass is 9.95. The molecule has 1 spiro atoms. The summed E-state index contributed by atoms with van der Waals surface area (Å²) < 4.78 is 48.0. The van der Waals surface area contributed by atoms with Gasteiger partial charge in [-0.15, -0.1) is 0 Å². The molecule has 0 bridgehead atoms. The zero-order valence-corrected chi connectivity index (χ0v) is 19.8. The van der Waals surface area contributed by atoms with Gasteiger partial charge in [0.1, 0.15) is 11.4 Å². The van der Waals surface area contributed by atoms with Crippen molar-refractivity contribution in [2.75, 3.05) is 25.4 Å². The molecule has 0 radical (unpaired) electrons. The van der Waals surface area contributed by atoms with Gasteiger partial charge < -0.3 is 20.7 Å². The number of nitrogens with two attached hydrogens (primary N) is 1. The number of ether oxygens (including phenoxy) is 1. The molecule has 2 aliphatic rings. The van der Waals surface area contributed by atoms with E-state index in [1.54, 1.807) is 28.0 Å². The van der Waals surface area contributed by atoms with Crippen molar-refractivity contribution in [3.63, 3.8) is 0 Å². The monoisotopic (exact) mass is 501 g/mol. The number of hydrogen-bond acceptors (Lipinski definition) is 6. The van der Waals surface area contributed by atoms with Crippen molar-refractivity contribution in [3.05, 3.63) is 59.7 Å². The number of amides is 2. The average molecular weight is 502 g/mol. The van der Waals surface area contributed by atoms with E-state index in [-0.39, 0.29) is 11.6 Å². The van der Waals surface area contributed by atoms with E-state index in [4.69, 9.17) is 10.5 Å². The van der Waals surface area contributed by atoms with Gasteiger partial charge in [0.05, 0.1) is 42.2 Å². The van der Waals surface area contributed by atoms with Crippen LogP contribution in [0, 0.1) is 0 Å². The predicted octanol–water partition coefficient (Wildman–Crippen LogP) is 3.52. The van der Waals surface area contributed by atoms with E-state index in [0.29, 0.717) is 38.4 Å². The fraction of sp³-hybridized carbons (Fsp3) is 0.417. The second-order valence-corrected chi connectivity index (χ2v) is 9.60. The molecule has 1 atom stereocenters. The summed E-state index contributed by atoms with van der Waals surface area (Å²) in [5.74, 6) is -0.581. The maximum absolute atomic E-state index is 13.3. The highest BCUT2D eigenvalue weighted by molar-refractivity contribution is 5.76. The molecule has 9 nitrogen and oxygen atoms in total.